The lowest BCUT2D eigenvalue weighted by atomic mass is 10.2. The molecule has 0 radical (unpaired) electrons. The minimum Gasteiger partial charge on any atom is -0.497 e. The molecule has 2 N–H and O–H groups in total. The highest BCUT2D eigenvalue weighted by molar-refractivity contribution is 5.90. The van der Waals surface area contributed by atoms with Gasteiger partial charge in [0.15, 0.2) is 0 Å². The van der Waals surface area contributed by atoms with Crippen LogP contribution < -0.4 is 10.3 Å². The first-order valence-corrected chi connectivity index (χ1v) is 7.17. The molecule has 2 aromatic carbocycles. The van der Waals surface area contributed by atoms with Crippen LogP contribution >= 0.6 is 0 Å². The number of aromatic hydroxyl groups is 1. The second-order valence-electron chi connectivity index (χ2n) is 5.37. The molecule has 114 valence electrons. The molecule has 2 heterocycles. The highest BCUT2D eigenvalue weighted by atomic mass is 16.5. The number of hydrogen-bond acceptors (Lipinski definition) is 3. The standard InChI is InChI=1S/C18H14N2O3/c1-23-14-6-3-12-10-20(18(22)15(12)9-14)13-5-2-11-4-7-17(21)19-16(11)8-13/h2-10,22H,1H3,(H,19,21). The maximum absolute atomic E-state index is 11.5. The quantitative estimate of drug-likeness (QED) is 0.597. The summed E-state index contributed by atoms with van der Waals surface area (Å²) in [6.07, 6.45) is 1.85. The summed E-state index contributed by atoms with van der Waals surface area (Å²) < 4.78 is 6.89. The van der Waals surface area contributed by atoms with Crippen LogP contribution in [0.5, 0.6) is 11.6 Å². The van der Waals surface area contributed by atoms with E-state index in [1.165, 1.54) is 6.07 Å². The van der Waals surface area contributed by atoms with E-state index in [1.807, 2.05) is 36.5 Å². The Morgan fingerprint density at radius 2 is 1.83 bits per heavy atom. The number of ether oxygens (including phenoxy) is 1. The van der Waals surface area contributed by atoms with E-state index in [1.54, 1.807) is 23.8 Å². The van der Waals surface area contributed by atoms with Crippen molar-refractivity contribution < 1.29 is 9.84 Å². The summed E-state index contributed by atoms with van der Waals surface area (Å²) in [7, 11) is 1.59. The number of fused-ring (bicyclic) bond motifs is 2. The summed E-state index contributed by atoms with van der Waals surface area (Å²) >= 11 is 0. The maximum atomic E-state index is 11.5. The van der Waals surface area contributed by atoms with Crippen LogP contribution in [0.3, 0.4) is 0 Å². The Morgan fingerprint density at radius 1 is 1.04 bits per heavy atom. The van der Waals surface area contributed by atoms with Gasteiger partial charge in [-0.1, -0.05) is 6.07 Å². The van der Waals surface area contributed by atoms with Gasteiger partial charge in [0.2, 0.25) is 11.4 Å². The van der Waals surface area contributed by atoms with E-state index in [9.17, 15) is 9.90 Å². The van der Waals surface area contributed by atoms with Crippen LogP contribution in [-0.4, -0.2) is 21.8 Å². The number of aromatic amines is 1. The lowest BCUT2D eigenvalue weighted by Crippen LogP contribution is -2.02. The fourth-order valence-corrected chi connectivity index (χ4v) is 2.78. The monoisotopic (exact) mass is 306 g/mol. The average Bonchev–Trinajstić information content (AvgIpc) is 2.90. The highest BCUT2D eigenvalue weighted by Crippen LogP contribution is 2.33. The Kier molecular flexibility index (Phi) is 2.87. The molecule has 0 fully saturated rings. The first-order chi connectivity index (χ1) is 11.2. The maximum Gasteiger partial charge on any atom is 0.248 e. The highest BCUT2D eigenvalue weighted by Gasteiger charge is 2.11. The Morgan fingerprint density at radius 3 is 2.65 bits per heavy atom. The van der Waals surface area contributed by atoms with Crippen LogP contribution in [0.2, 0.25) is 0 Å². The van der Waals surface area contributed by atoms with Crippen molar-refractivity contribution in [1.29, 1.82) is 0 Å². The number of pyridine rings is 1. The van der Waals surface area contributed by atoms with E-state index in [-0.39, 0.29) is 11.4 Å². The van der Waals surface area contributed by atoms with Crippen molar-refractivity contribution in [1.82, 2.24) is 9.55 Å². The number of H-pyrrole nitrogens is 1. The van der Waals surface area contributed by atoms with Gasteiger partial charge in [-0.05, 0) is 41.8 Å². The second-order valence-corrected chi connectivity index (χ2v) is 5.37. The average molecular weight is 306 g/mol. The third-order valence-electron chi connectivity index (χ3n) is 3.98. The van der Waals surface area contributed by atoms with Crippen molar-refractivity contribution in [2.45, 2.75) is 0 Å². The van der Waals surface area contributed by atoms with Crippen LogP contribution in [0.4, 0.5) is 0 Å². The zero-order chi connectivity index (χ0) is 16.0. The zero-order valence-corrected chi connectivity index (χ0v) is 12.4. The third-order valence-corrected chi connectivity index (χ3v) is 3.98. The minimum atomic E-state index is -0.152. The SMILES string of the molecule is COc1ccc2cn(-c3ccc4ccc(=O)[nH]c4c3)c(O)c2c1. The van der Waals surface area contributed by atoms with Crippen LogP contribution in [0.15, 0.2) is 59.5 Å². The van der Waals surface area contributed by atoms with Crippen LogP contribution in [0.1, 0.15) is 0 Å². The number of hydrogen-bond donors (Lipinski definition) is 2. The molecule has 5 heteroatoms. The van der Waals surface area contributed by atoms with Gasteiger partial charge in [0, 0.05) is 23.0 Å². The smallest absolute Gasteiger partial charge is 0.248 e. The summed E-state index contributed by atoms with van der Waals surface area (Å²) in [6, 6.07) is 14.5. The van der Waals surface area contributed by atoms with Gasteiger partial charge in [0.25, 0.3) is 0 Å². The number of rotatable bonds is 2. The molecule has 2 aromatic heterocycles. The molecule has 0 aliphatic heterocycles. The topological polar surface area (TPSA) is 67.2 Å². The van der Waals surface area contributed by atoms with Crippen molar-refractivity contribution in [3.8, 4) is 17.3 Å². The summed E-state index contributed by atoms with van der Waals surface area (Å²) in [5.41, 5.74) is 1.35. The van der Waals surface area contributed by atoms with E-state index in [0.29, 0.717) is 11.1 Å². The van der Waals surface area contributed by atoms with Crippen LogP contribution in [-0.2, 0) is 0 Å². The van der Waals surface area contributed by atoms with Gasteiger partial charge >= 0.3 is 0 Å². The summed E-state index contributed by atoms with van der Waals surface area (Å²) in [5, 5.41) is 13.1. The van der Waals surface area contributed by atoms with Crippen LogP contribution in [0.25, 0.3) is 27.4 Å². The molecular weight excluding hydrogens is 292 g/mol. The molecule has 0 amide bonds. The molecule has 5 nitrogen and oxygen atoms in total. The van der Waals surface area contributed by atoms with Gasteiger partial charge in [0.1, 0.15) is 5.75 Å². The first-order valence-electron chi connectivity index (χ1n) is 7.17. The molecule has 0 saturated carbocycles. The molecule has 0 saturated heterocycles. The molecule has 0 unspecified atom stereocenters. The van der Waals surface area contributed by atoms with Gasteiger partial charge in [-0.2, -0.15) is 0 Å². The second kappa shape index (κ2) is 4.91. The van der Waals surface area contributed by atoms with Crippen molar-refractivity contribution >= 4 is 21.7 Å². The Bertz CT molecular complexity index is 1090. The van der Waals surface area contributed by atoms with E-state index < -0.39 is 0 Å². The van der Waals surface area contributed by atoms with Crippen molar-refractivity contribution in [2.75, 3.05) is 7.11 Å². The number of benzene rings is 2. The molecule has 4 rings (SSSR count). The predicted octanol–water partition coefficient (Wildman–Crippen LogP) is 3.19. The van der Waals surface area contributed by atoms with Gasteiger partial charge in [-0.15, -0.1) is 0 Å². The van der Waals surface area contributed by atoms with Crippen molar-refractivity contribution in [2.24, 2.45) is 0 Å². The Balaban J connectivity index is 1.94. The summed E-state index contributed by atoms with van der Waals surface area (Å²) in [4.78, 5) is 14.3. The van der Waals surface area contributed by atoms with Crippen molar-refractivity contribution in [3.63, 3.8) is 0 Å². The molecule has 0 aliphatic carbocycles. The third kappa shape index (κ3) is 2.14. The van der Waals surface area contributed by atoms with E-state index >= 15 is 0 Å². The first kappa shape index (κ1) is 13.5. The van der Waals surface area contributed by atoms with Gasteiger partial charge < -0.3 is 14.8 Å². The molecule has 0 spiro atoms. The number of nitrogens with zero attached hydrogens (tertiary/aromatic N) is 1. The Labute approximate surface area is 131 Å². The molecule has 4 aromatic rings. The fraction of sp³-hybridized carbons (Fsp3) is 0.0556. The van der Waals surface area contributed by atoms with Gasteiger partial charge in [0.05, 0.1) is 18.3 Å². The number of aromatic nitrogens is 2. The molecule has 23 heavy (non-hydrogen) atoms. The lowest BCUT2D eigenvalue weighted by molar-refractivity contribution is 0.414. The van der Waals surface area contributed by atoms with E-state index in [2.05, 4.69) is 4.98 Å². The predicted molar refractivity (Wildman–Crippen MR) is 89.6 cm³/mol. The van der Waals surface area contributed by atoms with E-state index in [0.717, 1.165) is 22.0 Å². The Hall–Kier alpha value is -3.21. The number of methoxy groups -OCH3 is 1. The van der Waals surface area contributed by atoms with Gasteiger partial charge in [-0.3, -0.25) is 9.36 Å². The number of nitrogens with one attached hydrogen (secondary N) is 1. The molecular formula is C18H14N2O3. The lowest BCUT2D eigenvalue weighted by Gasteiger charge is -2.06. The van der Waals surface area contributed by atoms with Crippen molar-refractivity contribution in [3.05, 3.63) is 65.1 Å². The minimum absolute atomic E-state index is 0.136. The molecule has 0 atom stereocenters. The molecule has 0 aliphatic rings. The zero-order valence-electron chi connectivity index (χ0n) is 12.4. The van der Waals surface area contributed by atoms with Gasteiger partial charge in [-0.25, -0.2) is 0 Å². The summed E-state index contributed by atoms with van der Waals surface area (Å²) in [5.74, 6) is 0.824. The van der Waals surface area contributed by atoms with E-state index in [4.69, 9.17) is 4.74 Å². The molecule has 0 bridgehead atoms. The van der Waals surface area contributed by atoms with Crippen LogP contribution in [0, 0.1) is 0 Å². The normalized spacial score (nSPS) is 11.2. The fourth-order valence-electron chi connectivity index (χ4n) is 2.78. The summed E-state index contributed by atoms with van der Waals surface area (Å²) in [6.45, 7) is 0. The largest absolute Gasteiger partial charge is 0.497 e.